The van der Waals surface area contributed by atoms with Crippen molar-refractivity contribution in [1.82, 2.24) is 5.32 Å². The number of carbonyl (C=O) groups is 3. The van der Waals surface area contributed by atoms with Crippen molar-refractivity contribution in [3.05, 3.63) is 40.3 Å². The van der Waals surface area contributed by atoms with Gasteiger partial charge in [0, 0.05) is 17.6 Å². The number of likely N-dealkylation sites (N-methyl/N-ethyl adjacent to an activating group) is 1. The molecule has 9 heteroatoms. The maximum Gasteiger partial charge on any atom is 0.409 e. The fraction of sp³-hybridized carbons (Fsp3) is 0.450. The molecule has 0 aromatic heterocycles. The Labute approximate surface area is 173 Å². The highest BCUT2D eigenvalue weighted by Gasteiger charge is 2.59. The molecule has 0 saturated carbocycles. The van der Waals surface area contributed by atoms with Crippen LogP contribution in [0.4, 0.5) is 10.5 Å². The molecule has 3 rings (SSSR count). The Bertz CT molecular complexity index is 920. The zero-order valence-electron chi connectivity index (χ0n) is 16.9. The Kier molecular flexibility index (Phi) is 5.25. The van der Waals surface area contributed by atoms with Gasteiger partial charge < -0.3 is 19.1 Å². The quantitative estimate of drug-likeness (QED) is 0.801. The topological polar surface area (TPSA) is 94.2 Å². The molecule has 8 nitrogen and oxygen atoms in total. The van der Waals surface area contributed by atoms with Gasteiger partial charge in [-0.05, 0) is 39.8 Å². The highest BCUT2D eigenvalue weighted by atomic mass is 35.5. The van der Waals surface area contributed by atoms with Gasteiger partial charge in [0.15, 0.2) is 12.1 Å². The highest BCUT2D eigenvalue weighted by Crippen LogP contribution is 2.47. The first-order valence-electron chi connectivity index (χ1n) is 9.14. The fourth-order valence-corrected chi connectivity index (χ4v) is 3.62. The Morgan fingerprint density at radius 2 is 2.03 bits per heavy atom. The Morgan fingerprint density at radius 3 is 2.66 bits per heavy atom. The van der Waals surface area contributed by atoms with Crippen molar-refractivity contribution in [3.63, 3.8) is 0 Å². The van der Waals surface area contributed by atoms with Gasteiger partial charge in [-0.1, -0.05) is 17.7 Å². The monoisotopic (exact) mass is 422 g/mol. The van der Waals surface area contributed by atoms with Crippen molar-refractivity contribution >= 4 is 35.1 Å². The van der Waals surface area contributed by atoms with Gasteiger partial charge in [0.25, 0.3) is 11.9 Å². The number of carbonyl (C=O) groups excluding carboxylic acids is 3. The lowest BCUT2D eigenvalue weighted by molar-refractivity contribution is -0.125. The van der Waals surface area contributed by atoms with Crippen molar-refractivity contribution in [2.24, 2.45) is 0 Å². The number of benzene rings is 1. The van der Waals surface area contributed by atoms with E-state index in [0.717, 1.165) is 0 Å². The van der Waals surface area contributed by atoms with E-state index in [1.165, 1.54) is 11.9 Å². The highest BCUT2D eigenvalue weighted by molar-refractivity contribution is 6.31. The molecule has 0 spiro atoms. The van der Waals surface area contributed by atoms with Crippen molar-refractivity contribution in [1.29, 1.82) is 0 Å². The number of ether oxygens (including phenoxy) is 3. The minimum atomic E-state index is -1.85. The molecule has 1 aromatic carbocycles. The summed E-state index contributed by atoms with van der Waals surface area (Å²) in [5, 5.41) is 3.04. The van der Waals surface area contributed by atoms with Gasteiger partial charge in [-0.15, -0.1) is 0 Å². The summed E-state index contributed by atoms with van der Waals surface area (Å²) in [4.78, 5) is 40.4. The molecule has 0 saturated heterocycles. The van der Waals surface area contributed by atoms with E-state index in [1.54, 1.807) is 45.9 Å². The van der Waals surface area contributed by atoms with Gasteiger partial charge in [-0.3, -0.25) is 14.9 Å². The third-order valence-electron chi connectivity index (χ3n) is 4.51. The molecule has 1 N–H and O–H groups in total. The number of Topliss-reactive ketones (excluding diaryl/α,β-unsaturated/α-hetero) is 1. The van der Waals surface area contributed by atoms with Gasteiger partial charge in [0.2, 0.25) is 5.78 Å². The van der Waals surface area contributed by atoms with Gasteiger partial charge in [-0.25, -0.2) is 4.79 Å². The molecular weight excluding hydrogens is 400 g/mol. The zero-order chi connectivity index (χ0) is 21.6. The van der Waals surface area contributed by atoms with Crippen LogP contribution in [0.25, 0.3) is 0 Å². The Morgan fingerprint density at radius 1 is 1.34 bits per heavy atom. The van der Waals surface area contributed by atoms with Crippen LogP contribution < -0.4 is 10.2 Å². The van der Waals surface area contributed by atoms with Gasteiger partial charge in [0.05, 0.1) is 12.3 Å². The van der Waals surface area contributed by atoms with Crippen molar-refractivity contribution in [3.8, 4) is 0 Å². The summed E-state index contributed by atoms with van der Waals surface area (Å²) in [6.07, 6.45) is -0.856. The van der Waals surface area contributed by atoms with Gasteiger partial charge >= 0.3 is 6.09 Å². The van der Waals surface area contributed by atoms with Gasteiger partial charge in [0.1, 0.15) is 11.2 Å². The summed E-state index contributed by atoms with van der Waals surface area (Å²) in [6, 6.07) is 4.77. The second-order valence-electron chi connectivity index (χ2n) is 7.71. The Hall–Kier alpha value is -2.74. The average molecular weight is 423 g/mol. The lowest BCUT2D eigenvalue weighted by Gasteiger charge is -2.31. The number of rotatable bonds is 4. The van der Waals surface area contributed by atoms with E-state index in [1.807, 2.05) is 0 Å². The van der Waals surface area contributed by atoms with Crippen molar-refractivity contribution in [2.75, 3.05) is 25.2 Å². The first kappa shape index (κ1) is 21.0. The molecule has 0 aliphatic carbocycles. The maximum absolute atomic E-state index is 13.5. The summed E-state index contributed by atoms with van der Waals surface area (Å²) in [7, 11) is 1.54. The SMILES string of the molecule is CCOC1=C([C@@]2(NC(=O)OC(C)(C)C)C(=O)N(C)c3cc(Cl)ccc32)C(=O)CO1. The van der Waals surface area contributed by atoms with Crippen LogP contribution in [0, 0.1) is 0 Å². The smallest absolute Gasteiger partial charge is 0.409 e. The molecule has 0 radical (unpaired) electrons. The number of hydrogen-bond acceptors (Lipinski definition) is 6. The molecule has 29 heavy (non-hydrogen) atoms. The average Bonchev–Trinajstić information content (AvgIpc) is 3.06. The van der Waals surface area contributed by atoms with Crippen molar-refractivity contribution in [2.45, 2.75) is 38.8 Å². The minimum absolute atomic E-state index is 0.0665. The number of ketones is 1. The molecule has 2 heterocycles. The molecule has 156 valence electrons. The van der Waals surface area contributed by atoms with Crippen LogP contribution >= 0.6 is 11.6 Å². The molecule has 0 unspecified atom stereocenters. The van der Waals surface area contributed by atoms with Crippen LogP contribution in [0.2, 0.25) is 5.02 Å². The molecule has 1 atom stereocenters. The summed E-state index contributed by atoms with van der Waals surface area (Å²) in [5.74, 6) is -1.10. The van der Waals surface area contributed by atoms with E-state index in [9.17, 15) is 14.4 Å². The zero-order valence-corrected chi connectivity index (χ0v) is 17.7. The van der Waals surface area contributed by atoms with Crippen molar-refractivity contribution < 1.29 is 28.6 Å². The normalized spacial score (nSPS) is 21.2. The predicted octanol–water partition coefficient (Wildman–Crippen LogP) is 2.88. The summed E-state index contributed by atoms with van der Waals surface area (Å²) in [5.41, 5.74) is -1.89. The first-order valence-corrected chi connectivity index (χ1v) is 9.52. The van der Waals surface area contributed by atoms with Crippen LogP contribution in [0.5, 0.6) is 0 Å². The standard InChI is InChI=1S/C20H23ClN2O6/c1-6-27-16-15(14(24)10-28-16)20(22-18(26)29-19(2,3)4)12-8-7-11(21)9-13(12)23(5)17(20)25/h7-9H,6,10H2,1-5H3,(H,22,26)/t20-/m1/s1. The number of fused-ring (bicyclic) bond motifs is 1. The largest absolute Gasteiger partial charge is 0.465 e. The van der Waals surface area contributed by atoms with Crippen LogP contribution in [0.1, 0.15) is 33.3 Å². The maximum atomic E-state index is 13.5. The number of nitrogens with one attached hydrogen (secondary N) is 1. The van der Waals surface area contributed by atoms with E-state index >= 15 is 0 Å². The predicted molar refractivity (Wildman–Crippen MR) is 106 cm³/mol. The van der Waals surface area contributed by atoms with E-state index in [2.05, 4.69) is 5.32 Å². The number of nitrogens with zero attached hydrogens (tertiary/aromatic N) is 1. The van der Waals surface area contributed by atoms with E-state index in [0.29, 0.717) is 16.3 Å². The third-order valence-corrected chi connectivity index (χ3v) is 4.74. The third kappa shape index (κ3) is 3.53. The van der Waals surface area contributed by atoms with Crippen LogP contribution in [-0.4, -0.2) is 43.6 Å². The molecule has 2 amide bonds. The van der Waals surface area contributed by atoms with E-state index in [4.69, 9.17) is 25.8 Å². The van der Waals surface area contributed by atoms with Crippen LogP contribution in [0.3, 0.4) is 0 Å². The van der Waals surface area contributed by atoms with Crippen LogP contribution in [-0.2, 0) is 29.3 Å². The number of anilines is 1. The Balaban J connectivity index is 2.24. The minimum Gasteiger partial charge on any atom is -0.465 e. The molecule has 2 aliphatic heterocycles. The number of alkyl carbamates (subject to hydrolysis) is 1. The molecular formula is C20H23ClN2O6. The summed E-state index contributed by atoms with van der Waals surface area (Å²) in [6.45, 7) is 6.74. The second-order valence-corrected chi connectivity index (χ2v) is 8.15. The molecule has 0 bridgehead atoms. The summed E-state index contributed by atoms with van der Waals surface area (Å²) >= 11 is 6.11. The van der Waals surface area contributed by atoms with E-state index < -0.39 is 28.9 Å². The second kappa shape index (κ2) is 7.26. The molecule has 0 fully saturated rings. The lowest BCUT2D eigenvalue weighted by atomic mass is 9.82. The molecule has 2 aliphatic rings. The fourth-order valence-electron chi connectivity index (χ4n) is 3.45. The number of amides is 2. The lowest BCUT2D eigenvalue weighted by Crippen LogP contribution is -2.56. The summed E-state index contributed by atoms with van der Waals surface area (Å²) < 4.78 is 16.2. The molecule has 1 aromatic rings. The van der Waals surface area contributed by atoms with Crippen LogP contribution in [0.15, 0.2) is 29.7 Å². The first-order chi connectivity index (χ1) is 13.5. The number of hydrogen-bond donors (Lipinski definition) is 1. The number of halogens is 1. The van der Waals surface area contributed by atoms with Gasteiger partial charge in [-0.2, -0.15) is 0 Å². The van der Waals surface area contributed by atoms with E-state index in [-0.39, 0.29) is 24.7 Å².